The van der Waals surface area contributed by atoms with E-state index in [4.69, 9.17) is 9.47 Å². The number of fused-ring (bicyclic) bond motifs is 1. The highest BCUT2D eigenvalue weighted by Gasteiger charge is 2.32. The van der Waals surface area contributed by atoms with Crippen LogP contribution in [0.15, 0.2) is 42.5 Å². The highest BCUT2D eigenvalue weighted by atomic mass is 19.4. The van der Waals surface area contributed by atoms with E-state index in [1.54, 1.807) is 18.2 Å². The molecular formula is C23H25F3N2O4. The Morgan fingerprint density at radius 2 is 1.72 bits per heavy atom. The zero-order valence-corrected chi connectivity index (χ0v) is 17.7. The Hall–Kier alpha value is -2.78. The number of nitrogens with zero attached hydrogens (tertiary/aromatic N) is 2. The Kier molecular flexibility index (Phi) is 6.57. The number of hydrogen-bond acceptors (Lipinski definition) is 6. The molecule has 2 aromatic rings. The van der Waals surface area contributed by atoms with Crippen molar-refractivity contribution < 1.29 is 32.2 Å². The second-order valence-electron chi connectivity index (χ2n) is 8.00. The van der Waals surface area contributed by atoms with Gasteiger partial charge in [-0.25, -0.2) is 0 Å². The molecule has 172 valence electrons. The Morgan fingerprint density at radius 3 is 2.41 bits per heavy atom. The standard InChI is InChI=1S/C23H25F3N2O4/c1-27-8-10-28(11-9-27)12-13-30-18-6-7-19-21(14-18)31-15-20(22(19)29)16-2-4-17(5-3-16)32-23(24,25)26/h2-7,14,20H,8-13,15H2,1H3. The molecule has 4 rings (SSSR count). The van der Waals surface area contributed by atoms with Crippen molar-refractivity contribution in [3.05, 3.63) is 53.6 Å². The molecule has 2 aliphatic heterocycles. The maximum Gasteiger partial charge on any atom is 0.573 e. The fourth-order valence-corrected chi connectivity index (χ4v) is 3.87. The number of hydrogen-bond donors (Lipinski definition) is 0. The molecule has 0 radical (unpaired) electrons. The molecule has 1 fully saturated rings. The number of carbonyl (C=O) groups is 1. The molecule has 2 heterocycles. The summed E-state index contributed by atoms with van der Waals surface area (Å²) >= 11 is 0. The summed E-state index contributed by atoms with van der Waals surface area (Å²) in [6, 6.07) is 10.4. The average molecular weight is 450 g/mol. The lowest BCUT2D eigenvalue weighted by molar-refractivity contribution is -0.274. The van der Waals surface area contributed by atoms with Crippen molar-refractivity contribution in [2.75, 3.05) is 53.0 Å². The molecule has 0 saturated carbocycles. The predicted octanol–water partition coefficient (Wildman–Crippen LogP) is 3.57. The van der Waals surface area contributed by atoms with Crippen LogP contribution in [0.5, 0.6) is 17.2 Å². The minimum Gasteiger partial charge on any atom is -0.492 e. The summed E-state index contributed by atoms with van der Waals surface area (Å²) in [7, 11) is 2.12. The van der Waals surface area contributed by atoms with Gasteiger partial charge in [-0.3, -0.25) is 9.69 Å². The molecule has 32 heavy (non-hydrogen) atoms. The van der Waals surface area contributed by atoms with Crippen molar-refractivity contribution in [2.45, 2.75) is 12.3 Å². The Morgan fingerprint density at radius 1 is 1.03 bits per heavy atom. The van der Waals surface area contributed by atoms with Gasteiger partial charge in [0.25, 0.3) is 0 Å². The predicted molar refractivity (Wildman–Crippen MR) is 112 cm³/mol. The first-order chi connectivity index (χ1) is 15.3. The minimum atomic E-state index is -4.76. The largest absolute Gasteiger partial charge is 0.573 e. The van der Waals surface area contributed by atoms with Crippen molar-refractivity contribution in [1.29, 1.82) is 0 Å². The van der Waals surface area contributed by atoms with E-state index >= 15 is 0 Å². The van der Waals surface area contributed by atoms with E-state index in [1.165, 1.54) is 24.3 Å². The van der Waals surface area contributed by atoms with Gasteiger partial charge in [-0.05, 0) is 36.9 Å². The third-order valence-corrected chi connectivity index (χ3v) is 5.73. The van der Waals surface area contributed by atoms with Crippen molar-refractivity contribution in [2.24, 2.45) is 0 Å². The van der Waals surface area contributed by atoms with Crippen molar-refractivity contribution >= 4 is 5.78 Å². The van der Waals surface area contributed by atoms with Gasteiger partial charge in [0.1, 0.15) is 30.5 Å². The lowest BCUT2D eigenvalue weighted by Gasteiger charge is -2.32. The van der Waals surface area contributed by atoms with Crippen LogP contribution in [0.1, 0.15) is 21.8 Å². The van der Waals surface area contributed by atoms with Crippen LogP contribution >= 0.6 is 0 Å². The molecule has 1 saturated heterocycles. The Balaban J connectivity index is 1.35. The lowest BCUT2D eigenvalue weighted by atomic mass is 9.89. The van der Waals surface area contributed by atoms with E-state index in [-0.39, 0.29) is 18.1 Å². The number of rotatable bonds is 6. The number of likely N-dealkylation sites (N-methyl/N-ethyl adjacent to an activating group) is 1. The van der Waals surface area contributed by atoms with E-state index in [1.807, 2.05) is 0 Å². The number of halogens is 3. The molecule has 6 nitrogen and oxygen atoms in total. The van der Waals surface area contributed by atoms with Crippen molar-refractivity contribution in [3.8, 4) is 17.2 Å². The number of ether oxygens (including phenoxy) is 3. The van der Waals surface area contributed by atoms with Gasteiger partial charge in [0, 0.05) is 38.8 Å². The van der Waals surface area contributed by atoms with E-state index < -0.39 is 12.3 Å². The number of carbonyl (C=O) groups excluding carboxylic acids is 1. The average Bonchev–Trinajstić information content (AvgIpc) is 2.75. The number of alkyl halides is 3. The van der Waals surface area contributed by atoms with E-state index in [2.05, 4.69) is 21.6 Å². The minimum absolute atomic E-state index is 0.107. The van der Waals surface area contributed by atoms with Gasteiger partial charge < -0.3 is 19.1 Å². The number of piperazine rings is 1. The fourth-order valence-electron chi connectivity index (χ4n) is 3.87. The molecule has 1 atom stereocenters. The molecule has 0 aliphatic carbocycles. The zero-order chi connectivity index (χ0) is 22.7. The first-order valence-corrected chi connectivity index (χ1v) is 10.5. The maximum atomic E-state index is 12.9. The molecule has 9 heteroatoms. The van der Waals surface area contributed by atoms with Gasteiger partial charge in [0.15, 0.2) is 5.78 Å². The molecule has 0 N–H and O–H groups in total. The van der Waals surface area contributed by atoms with Gasteiger partial charge in [0.2, 0.25) is 0 Å². The van der Waals surface area contributed by atoms with Crippen molar-refractivity contribution in [1.82, 2.24) is 9.80 Å². The number of benzene rings is 2. The molecule has 0 bridgehead atoms. The Labute approximate surface area is 184 Å². The molecular weight excluding hydrogens is 425 g/mol. The van der Waals surface area contributed by atoms with Gasteiger partial charge in [0.05, 0.1) is 11.5 Å². The zero-order valence-electron chi connectivity index (χ0n) is 17.7. The normalized spacial score (nSPS) is 19.9. The summed E-state index contributed by atoms with van der Waals surface area (Å²) in [5.41, 5.74) is 1.01. The van der Waals surface area contributed by atoms with Gasteiger partial charge in [-0.1, -0.05) is 12.1 Å². The summed E-state index contributed by atoms with van der Waals surface area (Å²) in [6.07, 6.45) is -4.76. The first-order valence-electron chi connectivity index (χ1n) is 10.5. The molecule has 0 spiro atoms. The number of ketones is 1. The molecule has 1 unspecified atom stereocenters. The van der Waals surface area contributed by atoms with Crippen LogP contribution in [0.3, 0.4) is 0 Å². The van der Waals surface area contributed by atoms with Gasteiger partial charge in [-0.2, -0.15) is 0 Å². The van der Waals surface area contributed by atoms with Gasteiger partial charge in [-0.15, -0.1) is 13.2 Å². The fraction of sp³-hybridized carbons (Fsp3) is 0.435. The lowest BCUT2D eigenvalue weighted by Crippen LogP contribution is -2.45. The second kappa shape index (κ2) is 9.38. The smallest absolute Gasteiger partial charge is 0.492 e. The highest BCUT2D eigenvalue weighted by Crippen LogP contribution is 2.35. The topological polar surface area (TPSA) is 51.2 Å². The summed E-state index contributed by atoms with van der Waals surface area (Å²) in [4.78, 5) is 17.6. The highest BCUT2D eigenvalue weighted by molar-refractivity contribution is 6.04. The van der Waals surface area contributed by atoms with E-state index in [9.17, 15) is 18.0 Å². The third-order valence-electron chi connectivity index (χ3n) is 5.73. The summed E-state index contributed by atoms with van der Waals surface area (Å²) in [6.45, 7) is 5.63. The van der Waals surface area contributed by atoms with Crippen molar-refractivity contribution in [3.63, 3.8) is 0 Å². The maximum absolute atomic E-state index is 12.9. The van der Waals surface area contributed by atoms with Crippen LogP contribution in [-0.4, -0.2) is 74.9 Å². The van der Waals surface area contributed by atoms with E-state index in [0.717, 1.165) is 32.7 Å². The van der Waals surface area contributed by atoms with Crippen LogP contribution in [0.2, 0.25) is 0 Å². The summed E-state index contributed by atoms with van der Waals surface area (Å²) in [5.74, 6) is 0.0357. The number of Topliss-reactive ketones (excluding diaryl/α,β-unsaturated/α-hetero) is 1. The molecule has 2 aromatic carbocycles. The van der Waals surface area contributed by atoms with Crippen LogP contribution in [0.4, 0.5) is 13.2 Å². The monoisotopic (exact) mass is 450 g/mol. The SMILES string of the molecule is CN1CCN(CCOc2ccc3c(c2)OCC(c2ccc(OC(F)(F)F)cc2)C3=O)CC1. The molecule has 2 aliphatic rings. The second-order valence-corrected chi connectivity index (χ2v) is 8.00. The quantitative estimate of drug-likeness (QED) is 0.671. The van der Waals surface area contributed by atoms with Gasteiger partial charge >= 0.3 is 6.36 Å². The molecule has 0 amide bonds. The van der Waals surface area contributed by atoms with Crippen LogP contribution in [0, 0.1) is 0 Å². The summed E-state index contributed by atoms with van der Waals surface area (Å²) in [5, 5.41) is 0. The van der Waals surface area contributed by atoms with E-state index in [0.29, 0.717) is 29.2 Å². The van der Waals surface area contributed by atoms with Crippen LogP contribution in [-0.2, 0) is 0 Å². The van der Waals surface area contributed by atoms with Crippen LogP contribution in [0.25, 0.3) is 0 Å². The molecule has 0 aromatic heterocycles. The first kappa shape index (κ1) is 22.4. The third kappa shape index (κ3) is 5.52. The van der Waals surface area contributed by atoms with Crippen LogP contribution < -0.4 is 14.2 Å². The summed E-state index contributed by atoms with van der Waals surface area (Å²) < 4.78 is 52.5. The Bertz CT molecular complexity index is 941.